The first-order valence-electron chi connectivity index (χ1n) is 9.26. The van der Waals surface area contributed by atoms with Crippen LogP contribution in [0.2, 0.25) is 0 Å². The first kappa shape index (κ1) is 21.1. The van der Waals surface area contributed by atoms with E-state index in [1.54, 1.807) is 6.07 Å². The van der Waals surface area contributed by atoms with Crippen LogP contribution >= 0.6 is 12.4 Å². The van der Waals surface area contributed by atoms with Crippen LogP contribution in [0, 0.1) is 5.82 Å². The Morgan fingerprint density at radius 2 is 2.00 bits per heavy atom. The van der Waals surface area contributed by atoms with Crippen molar-refractivity contribution in [1.82, 2.24) is 15.5 Å². The van der Waals surface area contributed by atoms with Crippen LogP contribution in [0.5, 0.6) is 0 Å². The molecule has 2 aliphatic rings. The van der Waals surface area contributed by atoms with E-state index in [1.165, 1.54) is 12.1 Å². The van der Waals surface area contributed by atoms with E-state index in [-0.39, 0.29) is 24.1 Å². The summed E-state index contributed by atoms with van der Waals surface area (Å²) in [5.41, 5.74) is 0.0884. The van der Waals surface area contributed by atoms with Crippen molar-refractivity contribution < 1.29 is 13.9 Å². The molecular weight excluding hydrogens is 357 g/mol. The highest BCUT2D eigenvalue weighted by Crippen LogP contribution is 2.35. The van der Waals surface area contributed by atoms with Gasteiger partial charge in [-0.2, -0.15) is 0 Å². The monoisotopic (exact) mass is 385 g/mol. The van der Waals surface area contributed by atoms with Crippen molar-refractivity contribution in [3.8, 4) is 0 Å². The van der Waals surface area contributed by atoms with E-state index in [1.807, 2.05) is 6.07 Å². The zero-order valence-electron chi connectivity index (χ0n) is 15.1. The lowest BCUT2D eigenvalue weighted by molar-refractivity contribution is -0.130. The summed E-state index contributed by atoms with van der Waals surface area (Å²) in [5.74, 6) is -0.295. The molecule has 0 atom stereocenters. The average Bonchev–Trinajstić information content (AvgIpc) is 2.66. The van der Waals surface area contributed by atoms with Crippen LogP contribution in [0.1, 0.15) is 24.8 Å². The third-order valence-electron chi connectivity index (χ3n) is 5.30. The third kappa shape index (κ3) is 5.16. The van der Waals surface area contributed by atoms with Gasteiger partial charge in [-0.15, -0.1) is 12.4 Å². The molecule has 2 saturated heterocycles. The maximum absolute atomic E-state index is 13.7. The van der Waals surface area contributed by atoms with Gasteiger partial charge in [0.05, 0.1) is 5.41 Å². The molecule has 5 nitrogen and oxygen atoms in total. The van der Waals surface area contributed by atoms with Crippen LogP contribution in [-0.2, 0) is 14.9 Å². The zero-order valence-corrected chi connectivity index (χ0v) is 16.0. The van der Waals surface area contributed by atoms with Crippen LogP contribution in [0.25, 0.3) is 0 Å². The van der Waals surface area contributed by atoms with Crippen molar-refractivity contribution in [2.75, 3.05) is 52.5 Å². The minimum absolute atomic E-state index is 0. The third-order valence-corrected chi connectivity index (χ3v) is 5.30. The van der Waals surface area contributed by atoms with Crippen LogP contribution in [-0.4, -0.2) is 63.3 Å². The van der Waals surface area contributed by atoms with Crippen molar-refractivity contribution >= 4 is 18.3 Å². The molecule has 1 aromatic rings. The lowest BCUT2D eigenvalue weighted by atomic mass is 9.73. The van der Waals surface area contributed by atoms with Gasteiger partial charge in [0.15, 0.2) is 0 Å². The van der Waals surface area contributed by atoms with Crippen molar-refractivity contribution in [1.29, 1.82) is 0 Å². The van der Waals surface area contributed by atoms with E-state index in [0.717, 1.165) is 44.7 Å². The van der Waals surface area contributed by atoms with E-state index in [4.69, 9.17) is 4.74 Å². The molecule has 1 aromatic carbocycles. The van der Waals surface area contributed by atoms with Gasteiger partial charge >= 0.3 is 0 Å². The van der Waals surface area contributed by atoms with Gasteiger partial charge in [0.1, 0.15) is 5.82 Å². The molecule has 7 heteroatoms. The smallest absolute Gasteiger partial charge is 0.230 e. The molecule has 2 heterocycles. The Bertz CT molecular complexity index is 576. The van der Waals surface area contributed by atoms with Crippen LogP contribution in [0.3, 0.4) is 0 Å². The number of halogens is 2. The van der Waals surface area contributed by atoms with E-state index < -0.39 is 5.41 Å². The molecule has 0 radical (unpaired) electrons. The van der Waals surface area contributed by atoms with Gasteiger partial charge in [-0.3, -0.25) is 4.79 Å². The lowest BCUT2D eigenvalue weighted by Gasteiger charge is -2.36. The molecule has 0 spiro atoms. The van der Waals surface area contributed by atoms with E-state index in [9.17, 15) is 9.18 Å². The number of carbonyl (C=O) groups excluding carboxylic acids is 1. The van der Waals surface area contributed by atoms with Crippen molar-refractivity contribution in [3.63, 3.8) is 0 Å². The van der Waals surface area contributed by atoms with Crippen molar-refractivity contribution in [2.45, 2.75) is 24.7 Å². The summed E-state index contributed by atoms with van der Waals surface area (Å²) in [5, 5.41) is 6.43. The van der Waals surface area contributed by atoms with Crippen LogP contribution in [0.15, 0.2) is 24.3 Å². The number of benzene rings is 1. The van der Waals surface area contributed by atoms with Gasteiger partial charge in [0.2, 0.25) is 5.91 Å². The number of hydrogen-bond acceptors (Lipinski definition) is 4. The number of rotatable bonds is 6. The maximum atomic E-state index is 13.7. The summed E-state index contributed by atoms with van der Waals surface area (Å²) in [4.78, 5) is 15.4. The second-order valence-corrected chi connectivity index (χ2v) is 6.91. The van der Waals surface area contributed by atoms with Gasteiger partial charge < -0.3 is 20.3 Å². The molecular formula is C19H29ClFN3O2. The summed E-state index contributed by atoms with van der Waals surface area (Å²) in [6.07, 6.45) is 2.13. The summed E-state index contributed by atoms with van der Waals surface area (Å²) in [6, 6.07) is 6.45. The fourth-order valence-electron chi connectivity index (χ4n) is 3.76. The predicted molar refractivity (Wildman–Crippen MR) is 102 cm³/mol. The molecule has 3 rings (SSSR count). The minimum Gasteiger partial charge on any atom is -0.381 e. The van der Waals surface area contributed by atoms with Crippen molar-refractivity contribution in [2.24, 2.45) is 0 Å². The summed E-state index contributed by atoms with van der Waals surface area (Å²) in [6.45, 7) is 6.93. The number of hydrogen-bond donors (Lipinski definition) is 2. The number of nitrogens with one attached hydrogen (secondary N) is 2. The van der Waals surface area contributed by atoms with Crippen molar-refractivity contribution in [3.05, 3.63) is 35.6 Å². The largest absolute Gasteiger partial charge is 0.381 e. The summed E-state index contributed by atoms with van der Waals surface area (Å²) in [7, 11) is 0. The zero-order chi connectivity index (χ0) is 17.5. The molecule has 2 aliphatic heterocycles. The molecule has 2 N–H and O–H groups in total. The topological polar surface area (TPSA) is 53.6 Å². The van der Waals surface area contributed by atoms with E-state index >= 15 is 0 Å². The first-order valence-corrected chi connectivity index (χ1v) is 9.26. The van der Waals surface area contributed by atoms with Gasteiger partial charge in [-0.25, -0.2) is 4.39 Å². The number of carbonyl (C=O) groups is 1. The Balaban J connectivity index is 0.00000243. The Labute approximate surface area is 161 Å². The standard InChI is InChI=1S/C19H28FN3O2.ClH/c20-17-4-1-3-16(15-17)19(5-13-25-14-6-19)18(24)22-7-2-10-23-11-8-21-9-12-23;/h1,3-4,15,21H,2,5-14H2,(H,22,24);1H. The molecule has 0 bridgehead atoms. The highest BCUT2D eigenvalue weighted by Gasteiger charge is 2.41. The fraction of sp³-hybridized carbons (Fsp3) is 0.632. The van der Waals surface area contributed by atoms with E-state index in [2.05, 4.69) is 15.5 Å². The highest BCUT2D eigenvalue weighted by molar-refractivity contribution is 5.88. The van der Waals surface area contributed by atoms with Gasteiger partial charge in [-0.1, -0.05) is 12.1 Å². The normalized spacial score (nSPS) is 20.2. The quantitative estimate of drug-likeness (QED) is 0.732. The highest BCUT2D eigenvalue weighted by atomic mass is 35.5. The Hall–Kier alpha value is -1.21. The number of piperazine rings is 1. The summed E-state index contributed by atoms with van der Waals surface area (Å²) < 4.78 is 19.1. The van der Waals surface area contributed by atoms with E-state index in [0.29, 0.717) is 32.6 Å². The molecule has 1 amide bonds. The van der Waals surface area contributed by atoms with Gasteiger partial charge in [-0.05, 0) is 43.5 Å². The lowest BCUT2D eigenvalue weighted by Crippen LogP contribution is -2.49. The molecule has 2 fully saturated rings. The second-order valence-electron chi connectivity index (χ2n) is 6.91. The first-order chi connectivity index (χ1) is 12.2. The average molecular weight is 386 g/mol. The predicted octanol–water partition coefficient (Wildman–Crippen LogP) is 1.71. The minimum atomic E-state index is -0.671. The molecule has 26 heavy (non-hydrogen) atoms. The number of ether oxygens (including phenoxy) is 1. The SMILES string of the molecule is Cl.O=C(NCCCN1CCNCC1)C1(c2cccc(F)c2)CCOCC1. The fourth-order valence-corrected chi connectivity index (χ4v) is 3.76. The number of nitrogens with zero attached hydrogens (tertiary/aromatic N) is 1. The van der Waals surface area contributed by atoms with Gasteiger partial charge in [0.25, 0.3) is 0 Å². The van der Waals surface area contributed by atoms with Crippen LogP contribution in [0.4, 0.5) is 4.39 Å². The van der Waals surface area contributed by atoms with Crippen LogP contribution < -0.4 is 10.6 Å². The molecule has 0 unspecified atom stereocenters. The molecule has 146 valence electrons. The molecule has 0 saturated carbocycles. The molecule has 0 aromatic heterocycles. The second kappa shape index (κ2) is 10.2. The number of amides is 1. The maximum Gasteiger partial charge on any atom is 0.230 e. The Kier molecular flexibility index (Phi) is 8.28. The Morgan fingerprint density at radius 1 is 1.27 bits per heavy atom. The summed E-state index contributed by atoms with van der Waals surface area (Å²) >= 11 is 0. The Morgan fingerprint density at radius 3 is 2.69 bits per heavy atom. The molecule has 0 aliphatic carbocycles. The van der Waals surface area contributed by atoms with Gasteiger partial charge in [0, 0.05) is 45.9 Å².